The van der Waals surface area contributed by atoms with Crippen molar-refractivity contribution in [2.24, 2.45) is 0 Å². The Kier molecular flexibility index (Phi) is 4.83. The minimum atomic E-state index is 0.107. The van der Waals surface area contributed by atoms with Gasteiger partial charge < -0.3 is 10.2 Å². The van der Waals surface area contributed by atoms with Gasteiger partial charge in [-0.25, -0.2) is 0 Å². The van der Waals surface area contributed by atoms with Gasteiger partial charge in [0, 0.05) is 29.7 Å². The Morgan fingerprint density at radius 3 is 2.89 bits per heavy atom. The van der Waals surface area contributed by atoms with Crippen LogP contribution in [-0.4, -0.2) is 36.5 Å². The number of hydrogen-bond acceptors (Lipinski definition) is 2. The van der Waals surface area contributed by atoms with Gasteiger partial charge in [0.2, 0.25) is 0 Å². The average molecular weight is 281 g/mol. The van der Waals surface area contributed by atoms with Crippen molar-refractivity contribution >= 4 is 17.5 Å². The maximum Gasteiger partial charge on any atom is 0.254 e. The second-order valence-electron chi connectivity index (χ2n) is 5.06. The quantitative estimate of drug-likeness (QED) is 0.923. The van der Waals surface area contributed by atoms with Crippen LogP contribution in [0.3, 0.4) is 0 Å². The molecule has 0 saturated carbocycles. The third-order valence-electron chi connectivity index (χ3n) is 3.72. The third-order valence-corrected chi connectivity index (χ3v) is 4.14. The number of halogens is 1. The van der Waals surface area contributed by atoms with Crippen molar-refractivity contribution < 1.29 is 4.79 Å². The number of likely N-dealkylation sites (N-methyl/N-ethyl adjacent to an activating group) is 1. The van der Waals surface area contributed by atoms with E-state index in [4.69, 9.17) is 11.6 Å². The molecule has 1 atom stereocenters. The summed E-state index contributed by atoms with van der Waals surface area (Å²) in [5.74, 6) is 0.107. The minimum Gasteiger partial charge on any atom is -0.335 e. The van der Waals surface area contributed by atoms with E-state index in [1.54, 1.807) is 6.07 Å². The number of amides is 1. The summed E-state index contributed by atoms with van der Waals surface area (Å²) in [6, 6.07) is 5.80. The van der Waals surface area contributed by atoms with E-state index in [1.807, 2.05) is 30.9 Å². The molecule has 1 aliphatic heterocycles. The molecule has 0 spiro atoms. The lowest BCUT2D eigenvalue weighted by atomic mass is 10.0. The van der Waals surface area contributed by atoms with Crippen LogP contribution in [0.1, 0.15) is 35.7 Å². The largest absolute Gasteiger partial charge is 0.335 e. The molecule has 19 heavy (non-hydrogen) atoms. The molecule has 1 unspecified atom stereocenters. The lowest BCUT2D eigenvalue weighted by Gasteiger charge is -2.34. The second-order valence-corrected chi connectivity index (χ2v) is 5.46. The lowest BCUT2D eigenvalue weighted by molar-refractivity contribution is 0.0662. The van der Waals surface area contributed by atoms with Crippen LogP contribution in [0, 0.1) is 6.92 Å². The Labute approximate surface area is 119 Å². The van der Waals surface area contributed by atoms with Crippen molar-refractivity contribution in [3.63, 3.8) is 0 Å². The van der Waals surface area contributed by atoms with Crippen LogP contribution in [0.25, 0.3) is 0 Å². The number of carbonyl (C=O) groups excluding carboxylic acids is 1. The predicted molar refractivity (Wildman–Crippen MR) is 78.8 cm³/mol. The van der Waals surface area contributed by atoms with Crippen molar-refractivity contribution in [1.29, 1.82) is 0 Å². The van der Waals surface area contributed by atoms with Crippen LogP contribution in [0.5, 0.6) is 0 Å². The Hall–Kier alpha value is -1.06. The second kappa shape index (κ2) is 6.40. The zero-order chi connectivity index (χ0) is 13.8. The number of piperidine rings is 1. The van der Waals surface area contributed by atoms with Crippen LogP contribution >= 0.6 is 11.6 Å². The molecular weight excluding hydrogens is 260 g/mol. The van der Waals surface area contributed by atoms with Crippen molar-refractivity contribution in [3.8, 4) is 0 Å². The molecule has 1 aromatic carbocycles. The van der Waals surface area contributed by atoms with Crippen molar-refractivity contribution in [1.82, 2.24) is 10.2 Å². The molecule has 0 radical (unpaired) electrons. The van der Waals surface area contributed by atoms with Gasteiger partial charge in [-0.3, -0.25) is 4.79 Å². The maximum absolute atomic E-state index is 12.6. The first-order valence-corrected chi connectivity index (χ1v) is 7.29. The van der Waals surface area contributed by atoms with Crippen molar-refractivity contribution in [3.05, 3.63) is 34.3 Å². The number of nitrogens with one attached hydrogen (secondary N) is 1. The Morgan fingerprint density at radius 1 is 1.53 bits per heavy atom. The van der Waals surface area contributed by atoms with E-state index in [1.165, 1.54) is 0 Å². The molecule has 1 saturated heterocycles. The van der Waals surface area contributed by atoms with Gasteiger partial charge in [0.05, 0.1) is 0 Å². The highest BCUT2D eigenvalue weighted by atomic mass is 35.5. The number of nitrogens with zero attached hydrogens (tertiary/aromatic N) is 1. The number of aryl methyl sites for hydroxylation is 1. The fourth-order valence-corrected chi connectivity index (χ4v) is 2.73. The number of carbonyl (C=O) groups is 1. The molecule has 0 aromatic heterocycles. The summed E-state index contributed by atoms with van der Waals surface area (Å²) in [5, 5.41) is 4.07. The van der Waals surface area contributed by atoms with Crippen molar-refractivity contribution in [2.45, 2.75) is 32.7 Å². The average Bonchev–Trinajstić information content (AvgIpc) is 2.44. The van der Waals surface area contributed by atoms with Crippen LogP contribution in [0.15, 0.2) is 18.2 Å². The molecule has 2 rings (SSSR count). The maximum atomic E-state index is 12.6. The first kappa shape index (κ1) is 14.4. The normalized spacial score (nSPS) is 19.2. The van der Waals surface area contributed by atoms with E-state index in [0.29, 0.717) is 11.1 Å². The van der Waals surface area contributed by atoms with E-state index < -0.39 is 0 Å². The molecule has 1 N–H and O–H groups in total. The number of hydrogen-bond donors (Lipinski definition) is 1. The standard InChI is InChI=1S/C15H21ClN2O/c1-3-18(13-5-4-8-17-10-13)15(19)12-6-7-14(16)11(2)9-12/h6-7,9,13,17H,3-5,8,10H2,1-2H3. The molecular formula is C15H21ClN2O. The molecule has 1 aromatic rings. The smallest absolute Gasteiger partial charge is 0.254 e. The summed E-state index contributed by atoms with van der Waals surface area (Å²) in [6.45, 7) is 6.66. The predicted octanol–water partition coefficient (Wildman–Crippen LogP) is 2.86. The highest BCUT2D eigenvalue weighted by molar-refractivity contribution is 6.31. The summed E-state index contributed by atoms with van der Waals surface area (Å²) >= 11 is 6.01. The first-order valence-electron chi connectivity index (χ1n) is 6.91. The zero-order valence-electron chi connectivity index (χ0n) is 11.6. The SMILES string of the molecule is CCN(C(=O)c1ccc(Cl)c(C)c1)C1CCCNC1. The van der Waals surface area contributed by atoms with Gasteiger partial charge in [-0.2, -0.15) is 0 Å². The lowest BCUT2D eigenvalue weighted by Crippen LogP contribution is -2.48. The zero-order valence-corrected chi connectivity index (χ0v) is 12.3. The molecule has 0 aliphatic carbocycles. The molecule has 1 fully saturated rings. The van der Waals surface area contributed by atoms with Gasteiger partial charge in [-0.15, -0.1) is 0 Å². The monoisotopic (exact) mass is 280 g/mol. The summed E-state index contributed by atoms with van der Waals surface area (Å²) in [5.41, 5.74) is 1.68. The Balaban J connectivity index is 2.17. The van der Waals surface area contributed by atoms with Gasteiger partial charge in [0.25, 0.3) is 5.91 Å². The molecule has 3 nitrogen and oxygen atoms in total. The molecule has 1 amide bonds. The number of benzene rings is 1. The van der Waals surface area contributed by atoms with Crippen LogP contribution < -0.4 is 5.32 Å². The van der Waals surface area contributed by atoms with Gasteiger partial charge in [0.15, 0.2) is 0 Å². The van der Waals surface area contributed by atoms with Gasteiger partial charge in [-0.05, 0) is 57.0 Å². The fourth-order valence-electron chi connectivity index (χ4n) is 2.61. The van der Waals surface area contributed by atoms with E-state index in [-0.39, 0.29) is 5.91 Å². The molecule has 1 heterocycles. The summed E-state index contributed by atoms with van der Waals surface area (Å²) in [4.78, 5) is 14.6. The van der Waals surface area contributed by atoms with Gasteiger partial charge in [0.1, 0.15) is 0 Å². The molecule has 4 heteroatoms. The van der Waals surface area contributed by atoms with Crippen LogP contribution in [0.2, 0.25) is 5.02 Å². The minimum absolute atomic E-state index is 0.107. The number of rotatable bonds is 3. The topological polar surface area (TPSA) is 32.3 Å². The van der Waals surface area contributed by atoms with Crippen molar-refractivity contribution in [2.75, 3.05) is 19.6 Å². The van der Waals surface area contributed by atoms with Crippen LogP contribution in [0.4, 0.5) is 0 Å². The van der Waals surface area contributed by atoms with E-state index >= 15 is 0 Å². The first-order chi connectivity index (χ1) is 9.13. The van der Waals surface area contributed by atoms with Crippen LogP contribution in [-0.2, 0) is 0 Å². The molecule has 104 valence electrons. The molecule has 1 aliphatic rings. The van der Waals surface area contributed by atoms with E-state index in [0.717, 1.165) is 43.6 Å². The molecule has 0 bridgehead atoms. The Morgan fingerprint density at radius 2 is 2.32 bits per heavy atom. The highest BCUT2D eigenvalue weighted by Gasteiger charge is 2.24. The van der Waals surface area contributed by atoms with E-state index in [9.17, 15) is 4.79 Å². The highest BCUT2D eigenvalue weighted by Crippen LogP contribution is 2.19. The van der Waals surface area contributed by atoms with Gasteiger partial charge in [-0.1, -0.05) is 11.6 Å². The van der Waals surface area contributed by atoms with E-state index in [2.05, 4.69) is 5.32 Å². The summed E-state index contributed by atoms with van der Waals surface area (Å²) < 4.78 is 0. The Bertz CT molecular complexity index is 455. The summed E-state index contributed by atoms with van der Waals surface area (Å²) in [6.07, 6.45) is 2.22. The fraction of sp³-hybridized carbons (Fsp3) is 0.533. The third kappa shape index (κ3) is 3.28. The van der Waals surface area contributed by atoms with Gasteiger partial charge >= 0.3 is 0 Å². The summed E-state index contributed by atoms with van der Waals surface area (Å²) in [7, 11) is 0.